The van der Waals surface area contributed by atoms with Crippen molar-refractivity contribution in [2.75, 3.05) is 19.5 Å². The zero-order chi connectivity index (χ0) is 18.0. The van der Waals surface area contributed by atoms with Crippen LogP contribution in [-0.4, -0.2) is 38.4 Å². The van der Waals surface area contributed by atoms with Crippen molar-refractivity contribution in [2.24, 2.45) is 4.99 Å². The van der Waals surface area contributed by atoms with E-state index in [1.165, 1.54) is 23.9 Å². The molecule has 1 aromatic carbocycles. The molecule has 3 rings (SSSR count). The molecule has 7 nitrogen and oxygen atoms in total. The Hall–Kier alpha value is -2.13. The summed E-state index contributed by atoms with van der Waals surface area (Å²) in [6.45, 7) is 3.41. The molecule has 0 saturated carbocycles. The molecule has 1 aliphatic rings. The summed E-state index contributed by atoms with van der Waals surface area (Å²) in [5, 5.41) is 0. The summed E-state index contributed by atoms with van der Waals surface area (Å²) in [6, 6.07) is 4.94. The van der Waals surface area contributed by atoms with Crippen molar-refractivity contribution < 1.29 is 22.7 Å². The number of carbonyl (C=O) groups excluding carboxylic acids is 1. The molecule has 9 heteroatoms. The van der Waals surface area contributed by atoms with Gasteiger partial charge in [0, 0.05) is 12.8 Å². The van der Waals surface area contributed by atoms with Crippen molar-refractivity contribution in [3.05, 3.63) is 35.0 Å². The van der Waals surface area contributed by atoms with Crippen LogP contribution in [0.4, 0.5) is 0 Å². The molecule has 0 bridgehead atoms. The maximum Gasteiger partial charge on any atom is 0.317 e. The molecule has 0 unspecified atom stereocenters. The van der Waals surface area contributed by atoms with E-state index in [1.54, 1.807) is 18.2 Å². The highest BCUT2D eigenvalue weighted by Gasteiger charge is 2.16. The van der Waals surface area contributed by atoms with Gasteiger partial charge in [-0.2, -0.15) is 4.99 Å². The Bertz CT molecular complexity index is 1010. The van der Waals surface area contributed by atoms with E-state index in [4.69, 9.17) is 9.47 Å². The summed E-state index contributed by atoms with van der Waals surface area (Å²) >= 11 is 1.27. The van der Waals surface area contributed by atoms with Gasteiger partial charge in [-0.25, -0.2) is 8.42 Å². The van der Waals surface area contributed by atoms with Crippen molar-refractivity contribution in [1.29, 1.82) is 0 Å². The first kappa shape index (κ1) is 17.7. The monoisotopic (exact) mass is 382 g/mol. The molecule has 1 amide bonds. The molecule has 25 heavy (non-hydrogen) atoms. The second kappa shape index (κ2) is 7.01. The van der Waals surface area contributed by atoms with Gasteiger partial charge in [-0.05, 0) is 24.6 Å². The number of hydrogen-bond acceptors (Lipinski definition) is 6. The Kier molecular flexibility index (Phi) is 4.96. The number of sulfone groups is 1. The second-order valence-electron chi connectivity index (χ2n) is 5.56. The Morgan fingerprint density at radius 1 is 1.36 bits per heavy atom. The maximum absolute atomic E-state index is 12.3. The largest absolute Gasteiger partial charge is 0.494 e. The molecule has 1 aromatic heterocycles. The third-order valence-corrected chi connectivity index (χ3v) is 5.74. The first-order valence-electron chi connectivity index (χ1n) is 7.77. The van der Waals surface area contributed by atoms with E-state index in [9.17, 15) is 13.2 Å². The van der Waals surface area contributed by atoms with Crippen LogP contribution in [-0.2, 0) is 30.7 Å². The summed E-state index contributed by atoms with van der Waals surface area (Å²) < 4.78 is 36.5. The Morgan fingerprint density at radius 2 is 2.16 bits per heavy atom. The minimum atomic E-state index is -3.30. The van der Waals surface area contributed by atoms with Gasteiger partial charge in [0.25, 0.3) is 0 Å². The Balaban J connectivity index is 2.13. The average molecular weight is 382 g/mol. The number of carbonyl (C=O) groups is 1. The zero-order valence-corrected chi connectivity index (χ0v) is 15.5. The fourth-order valence-corrected chi connectivity index (χ4v) is 4.25. The predicted molar refractivity (Wildman–Crippen MR) is 93.8 cm³/mol. The van der Waals surface area contributed by atoms with Gasteiger partial charge in [0.2, 0.25) is 5.76 Å². The van der Waals surface area contributed by atoms with Gasteiger partial charge < -0.3 is 14.0 Å². The third kappa shape index (κ3) is 3.77. The van der Waals surface area contributed by atoms with E-state index in [0.717, 1.165) is 16.6 Å². The highest BCUT2D eigenvalue weighted by Crippen LogP contribution is 2.22. The summed E-state index contributed by atoms with van der Waals surface area (Å²) in [6.07, 6.45) is 3.29. The van der Waals surface area contributed by atoms with E-state index >= 15 is 0 Å². The molecule has 2 aromatic rings. The molecular weight excluding hydrogens is 364 g/mol. The summed E-state index contributed by atoms with van der Waals surface area (Å²) in [5.41, 5.74) is 0.848. The first-order chi connectivity index (χ1) is 11.9. The lowest BCUT2D eigenvalue weighted by atomic mass is 10.3. The van der Waals surface area contributed by atoms with Gasteiger partial charge in [-0.1, -0.05) is 18.3 Å². The minimum Gasteiger partial charge on any atom is -0.494 e. The molecule has 0 atom stereocenters. The lowest BCUT2D eigenvalue weighted by molar-refractivity contribution is -0.119. The van der Waals surface area contributed by atoms with Gasteiger partial charge >= 0.3 is 5.91 Å². The molecule has 0 N–H and O–H groups in total. The molecule has 1 aliphatic heterocycles. The van der Waals surface area contributed by atoms with Crippen LogP contribution in [0.25, 0.3) is 10.2 Å². The standard InChI is InChI=1S/C16H18N2O5S2/c1-3-6-18-12-5-4-11(25(2,20)21)9-14(12)24-16(18)17-15(19)13-10-22-7-8-23-13/h4-5,9-10H,3,6-8H2,1-2H3. The number of fused-ring (bicyclic) bond motifs is 1. The Morgan fingerprint density at radius 3 is 2.80 bits per heavy atom. The number of aromatic nitrogens is 1. The van der Waals surface area contributed by atoms with E-state index in [-0.39, 0.29) is 10.7 Å². The summed E-state index contributed by atoms with van der Waals surface area (Å²) in [4.78, 5) is 17.2. The molecule has 134 valence electrons. The van der Waals surface area contributed by atoms with E-state index in [1.807, 2.05) is 11.5 Å². The number of amides is 1. The van der Waals surface area contributed by atoms with E-state index in [2.05, 4.69) is 4.99 Å². The molecule has 0 aliphatic carbocycles. The predicted octanol–water partition coefficient (Wildman–Crippen LogP) is 1.83. The van der Waals surface area contributed by atoms with Crippen LogP contribution < -0.4 is 4.80 Å². The lowest BCUT2D eigenvalue weighted by Crippen LogP contribution is -2.20. The van der Waals surface area contributed by atoms with Crippen molar-refractivity contribution in [1.82, 2.24) is 4.57 Å². The van der Waals surface area contributed by atoms with Gasteiger partial charge in [-0.15, -0.1) is 0 Å². The van der Waals surface area contributed by atoms with Crippen LogP contribution >= 0.6 is 11.3 Å². The smallest absolute Gasteiger partial charge is 0.317 e. The van der Waals surface area contributed by atoms with Crippen LogP contribution in [0.1, 0.15) is 13.3 Å². The maximum atomic E-state index is 12.3. The fraction of sp³-hybridized carbons (Fsp3) is 0.375. The minimum absolute atomic E-state index is 0.0728. The van der Waals surface area contributed by atoms with Crippen molar-refractivity contribution >= 4 is 37.3 Å². The zero-order valence-electron chi connectivity index (χ0n) is 13.9. The molecule has 2 heterocycles. The lowest BCUT2D eigenvalue weighted by Gasteiger charge is -2.12. The molecule has 0 saturated heterocycles. The van der Waals surface area contributed by atoms with Crippen molar-refractivity contribution in [3.63, 3.8) is 0 Å². The number of nitrogens with zero attached hydrogens (tertiary/aromatic N) is 2. The molecule has 0 spiro atoms. The van der Waals surface area contributed by atoms with Crippen LogP contribution in [0.15, 0.2) is 40.1 Å². The molecule has 0 fully saturated rings. The number of thiazole rings is 1. The van der Waals surface area contributed by atoms with Crippen molar-refractivity contribution in [2.45, 2.75) is 24.8 Å². The van der Waals surface area contributed by atoms with E-state index in [0.29, 0.717) is 24.6 Å². The number of rotatable bonds is 4. The van der Waals surface area contributed by atoms with Gasteiger partial charge in [0.15, 0.2) is 14.6 Å². The van der Waals surface area contributed by atoms with Gasteiger partial charge in [0.1, 0.15) is 19.5 Å². The number of aryl methyl sites for hydroxylation is 1. The SMILES string of the molecule is CCCn1c(=NC(=O)C2=COCCO2)sc2cc(S(C)(=O)=O)ccc21. The van der Waals surface area contributed by atoms with Crippen LogP contribution in [0.5, 0.6) is 0 Å². The normalized spacial score (nSPS) is 15.6. The first-order valence-corrected chi connectivity index (χ1v) is 10.5. The van der Waals surface area contributed by atoms with E-state index < -0.39 is 15.7 Å². The highest BCUT2D eigenvalue weighted by atomic mass is 32.2. The topological polar surface area (TPSA) is 87.0 Å². The number of hydrogen-bond donors (Lipinski definition) is 0. The third-order valence-electron chi connectivity index (χ3n) is 3.59. The summed E-state index contributed by atoms with van der Waals surface area (Å²) in [7, 11) is -3.30. The number of ether oxygens (including phenoxy) is 2. The molecular formula is C16H18N2O5S2. The summed E-state index contributed by atoms with van der Waals surface area (Å²) in [5.74, 6) is -0.442. The van der Waals surface area contributed by atoms with Crippen molar-refractivity contribution in [3.8, 4) is 0 Å². The van der Waals surface area contributed by atoms with Crippen LogP contribution in [0, 0.1) is 0 Å². The van der Waals surface area contributed by atoms with Crippen LogP contribution in [0.2, 0.25) is 0 Å². The Labute approximate surface area is 149 Å². The quantitative estimate of drug-likeness (QED) is 0.805. The average Bonchev–Trinajstić information content (AvgIpc) is 2.92. The second-order valence-corrected chi connectivity index (χ2v) is 8.58. The highest BCUT2D eigenvalue weighted by molar-refractivity contribution is 7.90. The molecule has 0 radical (unpaired) electrons. The van der Waals surface area contributed by atoms with Crippen LogP contribution in [0.3, 0.4) is 0 Å². The number of benzene rings is 1. The van der Waals surface area contributed by atoms with Gasteiger partial charge in [-0.3, -0.25) is 4.79 Å². The fourth-order valence-electron chi connectivity index (χ4n) is 2.43. The van der Waals surface area contributed by atoms with Gasteiger partial charge in [0.05, 0.1) is 15.1 Å².